The number of ketones is 1. The lowest BCUT2D eigenvalue weighted by Crippen LogP contribution is -2.29. The Morgan fingerprint density at radius 2 is 2.07 bits per heavy atom. The third-order valence-corrected chi connectivity index (χ3v) is 3.29. The van der Waals surface area contributed by atoms with E-state index in [1.165, 1.54) is 19.3 Å². The summed E-state index contributed by atoms with van der Waals surface area (Å²) < 4.78 is 4.95. The van der Waals surface area contributed by atoms with Crippen molar-refractivity contribution in [2.24, 2.45) is 5.41 Å². The van der Waals surface area contributed by atoms with Crippen LogP contribution in [0.25, 0.3) is 0 Å². The molecule has 0 aromatic carbocycles. The molecule has 1 aromatic heterocycles. The van der Waals surface area contributed by atoms with Crippen molar-refractivity contribution in [3.8, 4) is 0 Å². The van der Waals surface area contributed by atoms with Crippen molar-refractivity contribution in [3.63, 3.8) is 0 Å². The van der Waals surface area contributed by atoms with Gasteiger partial charge in [-0.25, -0.2) is 0 Å². The second kappa shape index (κ2) is 3.60. The maximum Gasteiger partial charge on any atom is 0.171 e. The third-order valence-electron chi connectivity index (χ3n) is 3.29. The SMILES string of the molecule is CC1(C(=O)c2ccoc2)CCCCC1. The minimum absolute atomic E-state index is 0.137. The zero-order valence-corrected chi connectivity index (χ0v) is 8.58. The Morgan fingerprint density at radius 1 is 1.36 bits per heavy atom. The highest BCUT2D eigenvalue weighted by Gasteiger charge is 2.35. The van der Waals surface area contributed by atoms with E-state index < -0.39 is 0 Å². The van der Waals surface area contributed by atoms with E-state index in [0.29, 0.717) is 0 Å². The Labute approximate surface area is 84.3 Å². The highest BCUT2D eigenvalue weighted by Crippen LogP contribution is 2.38. The van der Waals surface area contributed by atoms with E-state index in [2.05, 4.69) is 6.92 Å². The average molecular weight is 192 g/mol. The predicted octanol–water partition coefficient (Wildman–Crippen LogP) is 3.43. The Bertz CT molecular complexity index is 305. The van der Waals surface area contributed by atoms with Crippen molar-refractivity contribution >= 4 is 5.78 Å². The monoisotopic (exact) mass is 192 g/mol. The first kappa shape index (κ1) is 9.50. The number of rotatable bonds is 2. The maximum atomic E-state index is 12.1. The Kier molecular flexibility index (Phi) is 2.44. The molecule has 0 aliphatic heterocycles. The molecule has 0 N–H and O–H groups in total. The van der Waals surface area contributed by atoms with E-state index in [4.69, 9.17) is 4.42 Å². The summed E-state index contributed by atoms with van der Waals surface area (Å²) in [7, 11) is 0. The van der Waals surface area contributed by atoms with Gasteiger partial charge in [-0.3, -0.25) is 4.79 Å². The van der Waals surface area contributed by atoms with Crippen molar-refractivity contribution in [1.82, 2.24) is 0 Å². The molecule has 0 unspecified atom stereocenters. The van der Waals surface area contributed by atoms with E-state index in [-0.39, 0.29) is 11.2 Å². The van der Waals surface area contributed by atoms with Gasteiger partial charge in [0, 0.05) is 5.41 Å². The van der Waals surface area contributed by atoms with Crippen molar-refractivity contribution in [1.29, 1.82) is 0 Å². The molecule has 1 aliphatic carbocycles. The summed E-state index contributed by atoms with van der Waals surface area (Å²) in [6.45, 7) is 2.08. The molecule has 0 spiro atoms. The summed E-state index contributed by atoms with van der Waals surface area (Å²) in [6.07, 6.45) is 8.81. The van der Waals surface area contributed by atoms with E-state index in [9.17, 15) is 4.79 Å². The van der Waals surface area contributed by atoms with Crippen LogP contribution in [-0.2, 0) is 0 Å². The van der Waals surface area contributed by atoms with Crippen LogP contribution < -0.4 is 0 Å². The van der Waals surface area contributed by atoms with Crippen LogP contribution in [0.1, 0.15) is 49.4 Å². The van der Waals surface area contributed by atoms with Gasteiger partial charge in [0.05, 0.1) is 11.8 Å². The van der Waals surface area contributed by atoms with Crippen molar-refractivity contribution in [2.75, 3.05) is 0 Å². The normalized spacial score (nSPS) is 20.6. The minimum atomic E-state index is -0.137. The fourth-order valence-corrected chi connectivity index (χ4v) is 2.30. The second-order valence-corrected chi connectivity index (χ2v) is 4.46. The van der Waals surface area contributed by atoms with Crippen LogP contribution in [0.2, 0.25) is 0 Å². The Balaban J connectivity index is 2.17. The van der Waals surface area contributed by atoms with Crippen LogP contribution in [0.15, 0.2) is 23.0 Å². The van der Waals surface area contributed by atoms with Crippen LogP contribution in [0.4, 0.5) is 0 Å². The minimum Gasteiger partial charge on any atom is -0.472 e. The lowest BCUT2D eigenvalue weighted by molar-refractivity contribution is 0.0749. The topological polar surface area (TPSA) is 30.2 Å². The molecule has 1 saturated carbocycles. The molecule has 0 bridgehead atoms. The van der Waals surface area contributed by atoms with Crippen LogP contribution in [0.3, 0.4) is 0 Å². The molecule has 0 saturated heterocycles. The number of hydrogen-bond donors (Lipinski definition) is 0. The highest BCUT2D eigenvalue weighted by atomic mass is 16.3. The van der Waals surface area contributed by atoms with E-state index in [0.717, 1.165) is 18.4 Å². The smallest absolute Gasteiger partial charge is 0.171 e. The zero-order chi connectivity index (χ0) is 10.0. The third kappa shape index (κ3) is 1.61. The summed E-state index contributed by atoms with van der Waals surface area (Å²) in [5.41, 5.74) is 0.594. The number of hydrogen-bond acceptors (Lipinski definition) is 2. The summed E-state index contributed by atoms with van der Waals surface area (Å²) in [5, 5.41) is 0. The molecular weight excluding hydrogens is 176 g/mol. The van der Waals surface area contributed by atoms with E-state index in [1.54, 1.807) is 18.6 Å². The van der Waals surface area contributed by atoms with Gasteiger partial charge in [-0.1, -0.05) is 26.2 Å². The highest BCUT2D eigenvalue weighted by molar-refractivity contribution is 6.00. The van der Waals surface area contributed by atoms with Gasteiger partial charge in [0.1, 0.15) is 6.26 Å². The number of carbonyl (C=O) groups excluding carboxylic acids is 1. The van der Waals surface area contributed by atoms with Gasteiger partial charge in [-0.15, -0.1) is 0 Å². The van der Waals surface area contributed by atoms with Crippen LogP contribution >= 0.6 is 0 Å². The molecule has 1 aromatic rings. The Morgan fingerprint density at radius 3 is 2.64 bits per heavy atom. The average Bonchev–Trinajstić information content (AvgIpc) is 2.70. The second-order valence-electron chi connectivity index (χ2n) is 4.46. The molecular formula is C12H16O2. The molecule has 1 aliphatic rings. The molecule has 1 heterocycles. The fraction of sp³-hybridized carbons (Fsp3) is 0.583. The predicted molar refractivity (Wildman–Crippen MR) is 54.2 cm³/mol. The standard InChI is InChI=1S/C12H16O2/c1-12(6-3-2-4-7-12)11(13)10-5-8-14-9-10/h5,8-9H,2-4,6-7H2,1H3. The molecule has 14 heavy (non-hydrogen) atoms. The van der Waals surface area contributed by atoms with E-state index >= 15 is 0 Å². The maximum absolute atomic E-state index is 12.1. The first-order valence-corrected chi connectivity index (χ1v) is 5.29. The molecule has 2 nitrogen and oxygen atoms in total. The lowest BCUT2D eigenvalue weighted by atomic mass is 9.71. The van der Waals surface area contributed by atoms with Crippen molar-refractivity contribution < 1.29 is 9.21 Å². The van der Waals surface area contributed by atoms with Crippen LogP contribution in [0, 0.1) is 5.41 Å². The van der Waals surface area contributed by atoms with Gasteiger partial charge in [0.2, 0.25) is 0 Å². The van der Waals surface area contributed by atoms with Gasteiger partial charge in [-0.2, -0.15) is 0 Å². The van der Waals surface area contributed by atoms with Crippen molar-refractivity contribution in [3.05, 3.63) is 24.2 Å². The zero-order valence-electron chi connectivity index (χ0n) is 8.58. The molecule has 0 amide bonds. The summed E-state index contributed by atoms with van der Waals surface area (Å²) in [6, 6.07) is 1.77. The fourth-order valence-electron chi connectivity index (χ4n) is 2.30. The van der Waals surface area contributed by atoms with Crippen LogP contribution in [-0.4, -0.2) is 5.78 Å². The van der Waals surface area contributed by atoms with Gasteiger partial charge in [-0.05, 0) is 18.9 Å². The van der Waals surface area contributed by atoms with Gasteiger partial charge >= 0.3 is 0 Å². The summed E-state index contributed by atoms with van der Waals surface area (Å²) >= 11 is 0. The molecule has 0 radical (unpaired) electrons. The number of furan rings is 1. The molecule has 2 rings (SSSR count). The lowest BCUT2D eigenvalue weighted by Gasteiger charge is -2.31. The first-order valence-electron chi connectivity index (χ1n) is 5.29. The van der Waals surface area contributed by atoms with Gasteiger partial charge in [0.15, 0.2) is 5.78 Å². The quantitative estimate of drug-likeness (QED) is 0.672. The summed E-state index contributed by atoms with van der Waals surface area (Å²) in [4.78, 5) is 12.1. The van der Waals surface area contributed by atoms with Gasteiger partial charge in [0.25, 0.3) is 0 Å². The largest absolute Gasteiger partial charge is 0.472 e. The van der Waals surface area contributed by atoms with Crippen molar-refractivity contribution in [2.45, 2.75) is 39.0 Å². The Hall–Kier alpha value is -1.05. The summed E-state index contributed by atoms with van der Waals surface area (Å²) in [5.74, 6) is 0.256. The van der Waals surface area contributed by atoms with Gasteiger partial charge < -0.3 is 4.42 Å². The number of carbonyl (C=O) groups is 1. The number of Topliss-reactive ketones (excluding diaryl/α,β-unsaturated/α-hetero) is 1. The van der Waals surface area contributed by atoms with E-state index in [1.807, 2.05) is 0 Å². The molecule has 76 valence electrons. The molecule has 1 fully saturated rings. The molecule has 2 heteroatoms. The molecule has 0 atom stereocenters. The van der Waals surface area contributed by atoms with Crippen LogP contribution in [0.5, 0.6) is 0 Å². The first-order chi connectivity index (χ1) is 6.72.